The molecule has 0 unspecified atom stereocenters. The average Bonchev–Trinajstić information content (AvgIpc) is 2.29. The first-order chi connectivity index (χ1) is 7.33. The molecular formula is C12H13NO2. The van der Waals surface area contributed by atoms with Gasteiger partial charge < -0.3 is 9.69 Å². The number of rotatable bonds is 3. The van der Waals surface area contributed by atoms with E-state index >= 15 is 0 Å². The Balaban J connectivity index is 2.18. The molecule has 0 aliphatic carbocycles. The van der Waals surface area contributed by atoms with Crippen LogP contribution in [0.2, 0.25) is 0 Å². The molecule has 0 saturated carbocycles. The van der Waals surface area contributed by atoms with E-state index in [9.17, 15) is 9.59 Å². The highest BCUT2D eigenvalue weighted by atomic mass is 16.2. The van der Waals surface area contributed by atoms with E-state index in [-0.39, 0.29) is 5.91 Å². The minimum atomic E-state index is 0.0544. The van der Waals surface area contributed by atoms with Gasteiger partial charge in [-0.1, -0.05) is 18.2 Å². The molecule has 0 bridgehead atoms. The van der Waals surface area contributed by atoms with Gasteiger partial charge in [-0.05, 0) is 18.1 Å². The minimum absolute atomic E-state index is 0.0544. The number of aldehydes is 1. The van der Waals surface area contributed by atoms with E-state index in [2.05, 4.69) is 0 Å². The third-order valence-corrected chi connectivity index (χ3v) is 2.70. The maximum absolute atomic E-state index is 11.9. The van der Waals surface area contributed by atoms with Crippen molar-refractivity contribution < 1.29 is 9.59 Å². The zero-order valence-corrected chi connectivity index (χ0v) is 8.48. The summed E-state index contributed by atoms with van der Waals surface area (Å²) in [6.45, 7) is 1.26. The van der Waals surface area contributed by atoms with Crippen LogP contribution in [0.1, 0.15) is 22.3 Å². The Morgan fingerprint density at radius 2 is 2.13 bits per heavy atom. The summed E-state index contributed by atoms with van der Waals surface area (Å²) in [5.41, 5.74) is 1.90. The number of hydrogen-bond donors (Lipinski definition) is 0. The summed E-state index contributed by atoms with van der Waals surface area (Å²) in [6, 6.07) is 7.67. The molecule has 0 spiro atoms. The predicted molar refractivity (Wildman–Crippen MR) is 56.7 cm³/mol. The molecule has 15 heavy (non-hydrogen) atoms. The van der Waals surface area contributed by atoms with Gasteiger partial charge in [-0.25, -0.2) is 0 Å². The van der Waals surface area contributed by atoms with Crippen LogP contribution in [-0.2, 0) is 11.2 Å². The predicted octanol–water partition coefficient (Wildman–Crippen LogP) is 1.27. The fourth-order valence-corrected chi connectivity index (χ4v) is 1.90. The molecule has 1 aromatic rings. The lowest BCUT2D eigenvalue weighted by molar-refractivity contribution is -0.108. The molecule has 1 aliphatic rings. The monoisotopic (exact) mass is 203 g/mol. The Morgan fingerprint density at radius 3 is 2.93 bits per heavy atom. The van der Waals surface area contributed by atoms with Crippen molar-refractivity contribution in [1.29, 1.82) is 0 Å². The fourth-order valence-electron chi connectivity index (χ4n) is 1.90. The molecule has 1 aromatic carbocycles. The summed E-state index contributed by atoms with van der Waals surface area (Å²) < 4.78 is 0. The van der Waals surface area contributed by atoms with Gasteiger partial charge in [0, 0.05) is 25.1 Å². The molecule has 1 aliphatic heterocycles. The first-order valence-corrected chi connectivity index (χ1v) is 5.14. The molecule has 78 valence electrons. The topological polar surface area (TPSA) is 37.4 Å². The van der Waals surface area contributed by atoms with Crippen molar-refractivity contribution in [1.82, 2.24) is 4.90 Å². The number of carbonyl (C=O) groups is 2. The third-order valence-electron chi connectivity index (χ3n) is 2.70. The molecule has 0 radical (unpaired) electrons. The van der Waals surface area contributed by atoms with Crippen LogP contribution in [0.4, 0.5) is 0 Å². The van der Waals surface area contributed by atoms with E-state index in [1.807, 2.05) is 24.3 Å². The van der Waals surface area contributed by atoms with Crippen molar-refractivity contribution in [2.75, 3.05) is 13.1 Å². The normalized spacial score (nSPS) is 14.9. The molecule has 0 saturated heterocycles. The molecular weight excluding hydrogens is 190 g/mol. The van der Waals surface area contributed by atoms with Crippen molar-refractivity contribution in [3.05, 3.63) is 35.4 Å². The molecule has 0 fully saturated rings. The van der Waals surface area contributed by atoms with Crippen molar-refractivity contribution >= 4 is 12.2 Å². The average molecular weight is 203 g/mol. The number of carbonyl (C=O) groups excluding carboxylic acids is 2. The van der Waals surface area contributed by atoms with Crippen LogP contribution >= 0.6 is 0 Å². The lowest BCUT2D eigenvalue weighted by Crippen LogP contribution is -2.38. The summed E-state index contributed by atoms with van der Waals surface area (Å²) in [4.78, 5) is 23.9. The standard InChI is InChI=1S/C12H13NO2/c14-9-3-7-13-8-6-10-4-1-2-5-11(10)12(13)15/h1-2,4-5,9H,3,6-8H2. The van der Waals surface area contributed by atoms with E-state index in [0.717, 1.165) is 30.4 Å². The molecule has 1 amide bonds. The number of amides is 1. The van der Waals surface area contributed by atoms with Gasteiger partial charge in [0.05, 0.1) is 0 Å². The van der Waals surface area contributed by atoms with Crippen LogP contribution in [0.25, 0.3) is 0 Å². The molecule has 0 N–H and O–H groups in total. The van der Waals surface area contributed by atoms with Gasteiger partial charge in [0.25, 0.3) is 5.91 Å². The van der Waals surface area contributed by atoms with Crippen LogP contribution in [0.3, 0.4) is 0 Å². The Bertz CT molecular complexity index is 387. The largest absolute Gasteiger partial charge is 0.338 e. The van der Waals surface area contributed by atoms with Crippen LogP contribution in [0, 0.1) is 0 Å². The third kappa shape index (κ3) is 1.91. The van der Waals surface area contributed by atoms with E-state index < -0.39 is 0 Å². The second kappa shape index (κ2) is 4.26. The van der Waals surface area contributed by atoms with Crippen molar-refractivity contribution in [3.8, 4) is 0 Å². The highest BCUT2D eigenvalue weighted by molar-refractivity contribution is 5.96. The second-order valence-electron chi connectivity index (χ2n) is 3.65. The SMILES string of the molecule is O=CCCN1CCc2ccccc2C1=O. The van der Waals surface area contributed by atoms with E-state index in [0.29, 0.717) is 13.0 Å². The van der Waals surface area contributed by atoms with Crippen molar-refractivity contribution in [3.63, 3.8) is 0 Å². The van der Waals surface area contributed by atoms with Gasteiger partial charge in [0.15, 0.2) is 0 Å². The molecule has 3 nitrogen and oxygen atoms in total. The lowest BCUT2D eigenvalue weighted by Gasteiger charge is -2.27. The number of benzene rings is 1. The van der Waals surface area contributed by atoms with Gasteiger partial charge in [-0.15, -0.1) is 0 Å². The summed E-state index contributed by atoms with van der Waals surface area (Å²) in [7, 11) is 0. The van der Waals surface area contributed by atoms with Crippen LogP contribution < -0.4 is 0 Å². The van der Waals surface area contributed by atoms with Gasteiger partial charge in [-0.2, -0.15) is 0 Å². The number of fused-ring (bicyclic) bond motifs is 1. The van der Waals surface area contributed by atoms with Crippen LogP contribution in [0.5, 0.6) is 0 Å². The molecule has 0 aromatic heterocycles. The number of hydrogen-bond acceptors (Lipinski definition) is 2. The van der Waals surface area contributed by atoms with Crippen LogP contribution in [-0.4, -0.2) is 30.2 Å². The Labute approximate surface area is 88.7 Å². The molecule has 1 heterocycles. The Morgan fingerprint density at radius 1 is 1.33 bits per heavy atom. The second-order valence-corrected chi connectivity index (χ2v) is 3.65. The first-order valence-electron chi connectivity index (χ1n) is 5.14. The van der Waals surface area contributed by atoms with Crippen LogP contribution in [0.15, 0.2) is 24.3 Å². The summed E-state index contributed by atoms with van der Waals surface area (Å²) in [6.07, 6.45) is 2.17. The van der Waals surface area contributed by atoms with Gasteiger partial charge in [0.1, 0.15) is 6.29 Å². The molecule has 3 heteroatoms. The van der Waals surface area contributed by atoms with E-state index in [1.165, 1.54) is 0 Å². The van der Waals surface area contributed by atoms with Gasteiger partial charge in [0.2, 0.25) is 0 Å². The summed E-state index contributed by atoms with van der Waals surface area (Å²) in [5.74, 6) is 0.0544. The smallest absolute Gasteiger partial charge is 0.254 e. The Kier molecular flexibility index (Phi) is 2.81. The Hall–Kier alpha value is -1.64. The zero-order chi connectivity index (χ0) is 10.7. The highest BCUT2D eigenvalue weighted by Crippen LogP contribution is 2.18. The fraction of sp³-hybridized carbons (Fsp3) is 0.333. The van der Waals surface area contributed by atoms with E-state index in [1.54, 1.807) is 4.90 Å². The minimum Gasteiger partial charge on any atom is -0.338 e. The van der Waals surface area contributed by atoms with Crippen molar-refractivity contribution in [2.45, 2.75) is 12.8 Å². The van der Waals surface area contributed by atoms with Gasteiger partial charge >= 0.3 is 0 Å². The highest BCUT2D eigenvalue weighted by Gasteiger charge is 2.22. The summed E-state index contributed by atoms with van der Waals surface area (Å²) in [5, 5.41) is 0. The van der Waals surface area contributed by atoms with E-state index in [4.69, 9.17) is 0 Å². The van der Waals surface area contributed by atoms with Gasteiger partial charge in [-0.3, -0.25) is 4.79 Å². The maximum Gasteiger partial charge on any atom is 0.254 e. The maximum atomic E-state index is 11.9. The first kappa shape index (κ1) is 9.90. The summed E-state index contributed by atoms with van der Waals surface area (Å²) >= 11 is 0. The molecule has 2 rings (SSSR count). The van der Waals surface area contributed by atoms with Crippen molar-refractivity contribution in [2.24, 2.45) is 0 Å². The molecule has 0 atom stereocenters. The lowest BCUT2D eigenvalue weighted by atomic mass is 9.99. The number of nitrogens with zero attached hydrogens (tertiary/aromatic N) is 1. The zero-order valence-electron chi connectivity index (χ0n) is 8.48. The quantitative estimate of drug-likeness (QED) is 0.694.